The highest BCUT2D eigenvalue weighted by molar-refractivity contribution is 5.11. The molecule has 5 heteroatoms. The van der Waals surface area contributed by atoms with Gasteiger partial charge in [-0.1, -0.05) is 40.0 Å². The van der Waals surface area contributed by atoms with E-state index in [4.69, 9.17) is 0 Å². The molecule has 5 saturated carbocycles. The van der Waals surface area contributed by atoms with Crippen molar-refractivity contribution >= 4 is 0 Å². The first-order valence-electron chi connectivity index (χ1n) is 15.4. The van der Waals surface area contributed by atoms with Gasteiger partial charge in [-0.3, -0.25) is 0 Å². The lowest BCUT2D eigenvalue weighted by atomic mass is 9.43. The molecule has 208 valence electrons. The average molecular weight is 513 g/mol. The Morgan fingerprint density at radius 1 is 0.806 bits per heavy atom. The molecule has 5 rings (SSSR count). The molecule has 0 aliphatic heterocycles. The van der Waals surface area contributed by atoms with E-state index in [1.807, 2.05) is 0 Å². The van der Waals surface area contributed by atoms with Gasteiger partial charge in [0.1, 0.15) is 0 Å². The summed E-state index contributed by atoms with van der Waals surface area (Å²) in [6, 6.07) is 0. The average Bonchev–Trinajstić information content (AvgIpc) is 3.20. The van der Waals surface area contributed by atoms with Crippen LogP contribution in [0.4, 0.5) is 13.2 Å². The zero-order valence-electron chi connectivity index (χ0n) is 23.0. The molecule has 0 unspecified atom stereocenters. The van der Waals surface area contributed by atoms with Crippen molar-refractivity contribution in [3.05, 3.63) is 0 Å². The van der Waals surface area contributed by atoms with E-state index in [0.717, 1.165) is 32.1 Å². The first kappa shape index (κ1) is 27.3. The molecule has 0 saturated heterocycles. The second kappa shape index (κ2) is 9.72. The molecule has 2 N–H and O–H groups in total. The van der Waals surface area contributed by atoms with Crippen LogP contribution in [-0.4, -0.2) is 28.1 Å². The van der Waals surface area contributed by atoms with Crippen molar-refractivity contribution < 1.29 is 23.4 Å². The van der Waals surface area contributed by atoms with Gasteiger partial charge in [0, 0.05) is 0 Å². The van der Waals surface area contributed by atoms with E-state index in [9.17, 15) is 23.4 Å². The summed E-state index contributed by atoms with van der Waals surface area (Å²) in [5.41, 5.74) is -2.21. The molecular weight excluding hydrogens is 461 g/mol. The molecule has 5 fully saturated rings. The van der Waals surface area contributed by atoms with Crippen LogP contribution in [0.25, 0.3) is 0 Å². The summed E-state index contributed by atoms with van der Waals surface area (Å²) in [7, 11) is 0. The molecule has 10 atom stereocenters. The van der Waals surface area contributed by atoms with Gasteiger partial charge in [-0.2, -0.15) is 13.2 Å². The highest BCUT2D eigenvalue weighted by atomic mass is 19.4. The molecule has 36 heavy (non-hydrogen) atoms. The number of hydrogen-bond donors (Lipinski definition) is 2. The first-order chi connectivity index (χ1) is 16.9. The van der Waals surface area contributed by atoms with E-state index >= 15 is 0 Å². The van der Waals surface area contributed by atoms with Crippen molar-refractivity contribution in [1.82, 2.24) is 0 Å². The number of halogens is 3. The minimum Gasteiger partial charge on any atom is -0.393 e. The lowest BCUT2D eigenvalue weighted by Crippen LogP contribution is -2.59. The summed E-state index contributed by atoms with van der Waals surface area (Å²) >= 11 is 0. The highest BCUT2D eigenvalue weighted by Crippen LogP contribution is 2.69. The van der Waals surface area contributed by atoms with E-state index in [2.05, 4.69) is 20.8 Å². The third kappa shape index (κ3) is 4.48. The fraction of sp³-hybridized carbons (Fsp3) is 1.00. The number of aliphatic hydroxyl groups is 2. The van der Waals surface area contributed by atoms with Crippen LogP contribution in [0.2, 0.25) is 0 Å². The Bertz CT molecular complexity index is 778. The van der Waals surface area contributed by atoms with Crippen LogP contribution in [0.5, 0.6) is 0 Å². The van der Waals surface area contributed by atoms with Crippen LogP contribution in [0.15, 0.2) is 0 Å². The van der Waals surface area contributed by atoms with Gasteiger partial charge in [0.2, 0.25) is 0 Å². The maximum Gasteiger partial charge on any atom is 0.417 e. The zero-order chi connectivity index (χ0) is 25.9. The predicted octanol–water partition coefficient (Wildman–Crippen LogP) is 8.30. The zero-order valence-corrected chi connectivity index (χ0v) is 23.0. The molecule has 0 aromatic rings. The van der Waals surface area contributed by atoms with E-state index in [1.165, 1.54) is 51.4 Å². The van der Waals surface area contributed by atoms with Gasteiger partial charge in [0.15, 0.2) is 5.60 Å². The fourth-order valence-electron chi connectivity index (χ4n) is 10.9. The normalized spacial score (nSPS) is 47.5. The molecule has 0 aromatic carbocycles. The van der Waals surface area contributed by atoms with Gasteiger partial charge in [-0.15, -0.1) is 0 Å². The Morgan fingerprint density at radius 3 is 2.19 bits per heavy atom. The maximum absolute atomic E-state index is 13.6. The van der Waals surface area contributed by atoms with E-state index < -0.39 is 11.8 Å². The fourth-order valence-corrected chi connectivity index (χ4v) is 10.9. The molecule has 0 spiro atoms. The standard InChI is InChI=1S/C31H51F3O2/c1-20(9-14-27(35)21-7-5-4-6-8-21)24-12-13-25-23-11-10-22-19-30(36,31(32,33)34)18-17-28(22,2)26(23)15-16-29(24,25)3/h20-27,35-36H,4-19H2,1-3H3/t20-,22+,23+,24-,25+,26+,27+,28+,29-,30+/m1/s1. The summed E-state index contributed by atoms with van der Waals surface area (Å²) in [6.07, 6.45) is 10.7. The summed E-state index contributed by atoms with van der Waals surface area (Å²) in [5.74, 6) is 3.65. The number of alkyl halides is 3. The van der Waals surface area contributed by atoms with Crippen molar-refractivity contribution in [2.75, 3.05) is 0 Å². The SMILES string of the molecule is C[C@H](CC[C@H](O)C1CCCCC1)[C@H]1CC[C@H]2[C@@H]3CC[C@H]4C[C@](O)(C(F)(F)F)CC[C@]4(C)[C@H]3CC[C@]12C. The van der Waals surface area contributed by atoms with Crippen LogP contribution >= 0.6 is 0 Å². The second-order valence-electron chi connectivity index (χ2n) is 14.6. The molecule has 5 aliphatic carbocycles. The largest absolute Gasteiger partial charge is 0.417 e. The lowest BCUT2D eigenvalue weighted by molar-refractivity contribution is -0.290. The van der Waals surface area contributed by atoms with E-state index in [0.29, 0.717) is 47.3 Å². The van der Waals surface area contributed by atoms with Crippen LogP contribution in [0.3, 0.4) is 0 Å². The third-order valence-corrected chi connectivity index (χ3v) is 13.1. The molecule has 0 heterocycles. The van der Waals surface area contributed by atoms with Crippen LogP contribution in [0.1, 0.15) is 124 Å². The quantitative estimate of drug-likeness (QED) is 0.389. The summed E-state index contributed by atoms with van der Waals surface area (Å²) < 4.78 is 40.9. The Balaban J connectivity index is 1.23. The third-order valence-electron chi connectivity index (χ3n) is 13.1. The Morgan fingerprint density at radius 2 is 1.50 bits per heavy atom. The number of aliphatic hydroxyl groups excluding tert-OH is 1. The van der Waals surface area contributed by atoms with Gasteiger partial charge in [0.05, 0.1) is 6.10 Å². The topological polar surface area (TPSA) is 40.5 Å². The molecule has 0 bridgehead atoms. The first-order valence-corrected chi connectivity index (χ1v) is 15.4. The monoisotopic (exact) mass is 512 g/mol. The Kier molecular flexibility index (Phi) is 7.36. The van der Waals surface area contributed by atoms with Crippen molar-refractivity contribution in [2.45, 2.75) is 141 Å². The molecular formula is C31H51F3O2. The van der Waals surface area contributed by atoms with Crippen LogP contribution in [0, 0.1) is 52.3 Å². The van der Waals surface area contributed by atoms with E-state index in [1.54, 1.807) is 0 Å². The summed E-state index contributed by atoms with van der Waals surface area (Å²) in [4.78, 5) is 0. The summed E-state index contributed by atoms with van der Waals surface area (Å²) in [5, 5.41) is 21.3. The number of rotatable bonds is 5. The van der Waals surface area contributed by atoms with Crippen LogP contribution < -0.4 is 0 Å². The second-order valence-corrected chi connectivity index (χ2v) is 14.6. The van der Waals surface area contributed by atoms with Crippen molar-refractivity contribution in [2.24, 2.45) is 52.3 Å². The van der Waals surface area contributed by atoms with Crippen molar-refractivity contribution in [3.63, 3.8) is 0 Å². The molecule has 0 amide bonds. The van der Waals surface area contributed by atoms with Gasteiger partial charge >= 0.3 is 6.18 Å². The maximum atomic E-state index is 13.6. The molecule has 0 radical (unpaired) electrons. The van der Waals surface area contributed by atoms with Gasteiger partial charge in [-0.25, -0.2) is 0 Å². The minimum absolute atomic E-state index is 0.0131. The van der Waals surface area contributed by atoms with Crippen molar-refractivity contribution in [3.8, 4) is 0 Å². The Labute approximate surface area is 217 Å². The smallest absolute Gasteiger partial charge is 0.393 e. The van der Waals surface area contributed by atoms with E-state index in [-0.39, 0.29) is 30.3 Å². The summed E-state index contributed by atoms with van der Waals surface area (Å²) in [6.45, 7) is 7.24. The Hall–Kier alpha value is -0.290. The highest BCUT2D eigenvalue weighted by Gasteiger charge is 2.65. The van der Waals surface area contributed by atoms with Gasteiger partial charge < -0.3 is 10.2 Å². The minimum atomic E-state index is -4.52. The molecule has 2 nitrogen and oxygen atoms in total. The van der Waals surface area contributed by atoms with Gasteiger partial charge in [-0.05, 0) is 136 Å². The molecule has 5 aliphatic rings. The number of fused-ring (bicyclic) bond motifs is 5. The van der Waals surface area contributed by atoms with Crippen LogP contribution in [-0.2, 0) is 0 Å². The predicted molar refractivity (Wildman–Crippen MR) is 137 cm³/mol. The molecule has 0 aromatic heterocycles. The van der Waals surface area contributed by atoms with Crippen molar-refractivity contribution in [1.29, 1.82) is 0 Å². The van der Waals surface area contributed by atoms with Gasteiger partial charge in [0.25, 0.3) is 0 Å². The number of hydrogen-bond acceptors (Lipinski definition) is 2. The lowest BCUT2D eigenvalue weighted by Gasteiger charge is -2.62.